The summed E-state index contributed by atoms with van der Waals surface area (Å²) >= 11 is 4.32. The average Bonchev–Trinajstić information content (AvgIpc) is 2.50. The number of aryl methyl sites for hydroxylation is 1. The fraction of sp³-hybridized carbons (Fsp3) is 0.357. The SMILES string of the molecule is C1CNCCN1.Cc1ccc(C(=O)O)cc1C(=O)O.Cl.O=CCl. The number of piperazine rings is 1. The fourth-order valence-corrected chi connectivity index (χ4v) is 1.59. The van der Waals surface area contributed by atoms with E-state index in [-0.39, 0.29) is 29.3 Å². The van der Waals surface area contributed by atoms with Gasteiger partial charge in [0.1, 0.15) is 0 Å². The monoisotopic (exact) mass is 366 g/mol. The molecule has 0 spiro atoms. The summed E-state index contributed by atoms with van der Waals surface area (Å²) in [6, 6.07) is 4.01. The van der Waals surface area contributed by atoms with Gasteiger partial charge in [-0.2, -0.15) is 0 Å². The molecule has 1 fully saturated rings. The molecule has 1 saturated heterocycles. The quantitative estimate of drug-likeness (QED) is 0.461. The van der Waals surface area contributed by atoms with Crippen molar-refractivity contribution in [1.82, 2.24) is 10.6 Å². The molecule has 0 radical (unpaired) electrons. The van der Waals surface area contributed by atoms with Gasteiger partial charge in [0.05, 0.1) is 11.1 Å². The molecule has 9 heteroatoms. The second-order valence-corrected chi connectivity index (χ2v) is 4.41. The number of carboxylic acid groups (broad SMARTS) is 2. The molecule has 23 heavy (non-hydrogen) atoms. The number of carbonyl (C=O) groups is 3. The predicted octanol–water partition coefficient (Wildman–Crippen LogP) is 1.41. The van der Waals surface area contributed by atoms with Crippen molar-refractivity contribution in [2.45, 2.75) is 6.92 Å². The standard InChI is InChI=1S/C9H8O4.C4H10N2.CHClO.ClH/c1-5-2-3-6(8(10)11)4-7(5)9(12)13;1-2-6-4-3-5-1;2-1-3;/h2-4H,1H3,(H,10,11)(H,12,13);5-6H,1-4H2;1H;1H. The molecule has 0 saturated carbocycles. The molecule has 1 aromatic rings. The third kappa shape index (κ3) is 10.6. The molecule has 0 atom stereocenters. The maximum absolute atomic E-state index is 10.6. The molecule has 130 valence electrons. The van der Waals surface area contributed by atoms with Gasteiger partial charge < -0.3 is 20.8 Å². The Morgan fingerprint density at radius 1 is 1.09 bits per heavy atom. The first-order valence-electron chi connectivity index (χ1n) is 6.46. The minimum absolute atomic E-state index is 0. The Balaban J connectivity index is 0. The van der Waals surface area contributed by atoms with Crippen molar-refractivity contribution in [3.63, 3.8) is 0 Å². The Morgan fingerprint density at radius 3 is 1.83 bits per heavy atom. The molecule has 7 nitrogen and oxygen atoms in total. The van der Waals surface area contributed by atoms with E-state index in [0.29, 0.717) is 5.56 Å². The molecule has 1 aliphatic rings. The summed E-state index contributed by atoms with van der Waals surface area (Å²) in [5.74, 6) is -2.01. The van der Waals surface area contributed by atoms with Gasteiger partial charge in [-0.05, 0) is 36.2 Å². The van der Waals surface area contributed by atoms with Crippen molar-refractivity contribution >= 4 is 41.7 Å². The zero-order valence-electron chi connectivity index (χ0n) is 12.5. The number of halogens is 2. The number of hydrogen-bond donors (Lipinski definition) is 4. The van der Waals surface area contributed by atoms with E-state index in [2.05, 4.69) is 22.2 Å². The van der Waals surface area contributed by atoms with Crippen LogP contribution in [-0.4, -0.2) is 54.1 Å². The lowest BCUT2D eigenvalue weighted by Crippen LogP contribution is -2.39. The van der Waals surface area contributed by atoms with Crippen LogP contribution in [0, 0.1) is 6.92 Å². The van der Waals surface area contributed by atoms with Gasteiger partial charge in [-0.1, -0.05) is 6.07 Å². The predicted molar refractivity (Wildman–Crippen MR) is 90.7 cm³/mol. The topological polar surface area (TPSA) is 116 Å². The van der Waals surface area contributed by atoms with Crippen LogP contribution in [-0.2, 0) is 4.79 Å². The summed E-state index contributed by atoms with van der Waals surface area (Å²) in [4.78, 5) is 29.7. The third-order valence-electron chi connectivity index (χ3n) is 2.67. The van der Waals surface area contributed by atoms with Crippen molar-refractivity contribution in [2.24, 2.45) is 0 Å². The van der Waals surface area contributed by atoms with E-state index in [9.17, 15) is 9.59 Å². The lowest BCUT2D eigenvalue weighted by Gasteiger charge is -2.11. The molecule has 2 rings (SSSR count). The molecule has 0 unspecified atom stereocenters. The normalized spacial score (nSPS) is 12.3. The van der Waals surface area contributed by atoms with Gasteiger partial charge in [-0.15, -0.1) is 12.4 Å². The molecule has 1 heterocycles. The second kappa shape index (κ2) is 14.0. The van der Waals surface area contributed by atoms with Gasteiger partial charge in [0.15, 0.2) is 0 Å². The highest BCUT2D eigenvalue weighted by Crippen LogP contribution is 2.11. The Labute approximate surface area is 145 Å². The molecule has 0 aromatic heterocycles. The fourth-order valence-electron chi connectivity index (χ4n) is 1.59. The first-order chi connectivity index (χ1) is 10.4. The van der Waals surface area contributed by atoms with E-state index >= 15 is 0 Å². The van der Waals surface area contributed by atoms with Gasteiger partial charge in [-0.25, -0.2) is 9.59 Å². The maximum Gasteiger partial charge on any atom is 0.335 e. The lowest BCUT2D eigenvalue weighted by atomic mass is 10.1. The van der Waals surface area contributed by atoms with E-state index in [1.807, 2.05) is 0 Å². The van der Waals surface area contributed by atoms with Gasteiger partial charge >= 0.3 is 11.9 Å². The summed E-state index contributed by atoms with van der Waals surface area (Å²) in [6.07, 6.45) is 0. The van der Waals surface area contributed by atoms with Gasteiger partial charge in [0.2, 0.25) is 5.75 Å². The number of benzene rings is 1. The molecular weight excluding hydrogens is 347 g/mol. The number of rotatable bonds is 2. The summed E-state index contributed by atoms with van der Waals surface area (Å²) in [7, 11) is 0. The van der Waals surface area contributed by atoms with Crippen LogP contribution in [0.3, 0.4) is 0 Å². The van der Waals surface area contributed by atoms with E-state index in [4.69, 9.17) is 15.0 Å². The number of hydrogen-bond acceptors (Lipinski definition) is 5. The number of aromatic carboxylic acids is 2. The van der Waals surface area contributed by atoms with Crippen LogP contribution in [0.4, 0.5) is 0 Å². The van der Waals surface area contributed by atoms with Crippen LogP contribution in [0.15, 0.2) is 18.2 Å². The highest BCUT2D eigenvalue weighted by atomic mass is 35.5. The number of carbonyl (C=O) groups excluding carboxylic acids is 1. The van der Waals surface area contributed by atoms with E-state index in [1.54, 1.807) is 6.92 Å². The summed E-state index contributed by atoms with van der Waals surface area (Å²) < 4.78 is 0. The molecule has 0 amide bonds. The smallest absolute Gasteiger partial charge is 0.335 e. The van der Waals surface area contributed by atoms with Gasteiger partial charge in [-0.3, -0.25) is 4.79 Å². The first kappa shape index (κ1) is 23.6. The van der Waals surface area contributed by atoms with E-state index < -0.39 is 11.9 Å². The summed E-state index contributed by atoms with van der Waals surface area (Å²) in [5.41, 5.74) is 0.570. The van der Waals surface area contributed by atoms with Crippen molar-refractivity contribution in [3.8, 4) is 0 Å². The molecule has 0 aliphatic carbocycles. The highest BCUT2D eigenvalue weighted by molar-refractivity contribution is 6.54. The van der Waals surface area contributed by atoms with E-state index in [0.717, 1.165) is 32.2 Å². The Hall–Kier alpha value is -1.67. The van der Waals surface area contributed by atoms with Crippen LogP contribution in [0.2, 0.25) is 0 Å². The Bertz CT molecular complexity index is 496. The molecule has 1 aromatic carbocycles. The van der Waals surface area contributed by atoms with Crippen LogP contribution >= 0.6 is 24.0 Å². The maximum atomic E-state index is 10.6. The molecule has 4 N–H and O–H groups in total. The minimum atomic E-state index is -1.12. The average molecular weight is 367 g/mol. The zero-order valence-corrected chi connectivity index (χ0v) is 14.1. The molecule has 0 bridgehead atoms. The zero-order chi connectivity index (χ0) is 17.0. The lowest BCUT2D eigenvalue weighted by molar-refractivity contribution is 0.0695. The van der Waals surface area contributed by atoms with Crippen LogP contribution in [0.1, 0.15) is 26.3 Å². The summed E-state index contributed by atoms with van der Waals surface area (Å²) in [6.45, 7) is 6.18. The number of carboxylic acids is 2. The molecule has 1 aliphatic heterocycles. The minimum Gasteiger partial charge on any atom is -0.478 e. The van der Waals surface area contributed by atoms with Crippen molar-refractivity contribution in [3.05, 3.63) is 34.9 Å². The van der Waals surface area contributed by atoms with Crippen molar-refractivity contribution in [2.75, 3.05) is 26.2 Å². The van der Waals surface area contributed by atoms with E-state index in [1.165, 1.54) is 12.1 Å². The third-order valence-corrected chi connectivity index (χ3v) is 2.67. The van der Waals surface area contributed by atoms with Crippen LogP contribution < -0.4 is 10.6 Å². The number of nitrogens with one attached hydrogen (secondary N) is 2. The van der Waals surface area contributed by atoms with Crippen molar-refractivity contribution < 1.29 is 24.6 Å². The van der Waals surface area contributed by atoms with Crippen LogP contribution in [0.25, 0.3) is 0 Å². The first-order valence-corrected chi connectivity index (χ1v) is 6.90. The van der Waals surface area contributed by atoms with Gasteiger partial charge in [0, 0.05) is 26.2 Å². The highest BCUT2D eigenvalue weighted by Gasteiger charge is 2.10. The summed E-state index contributed by atoms with van der Waals surface area (Å²) in [5, 5.41) is 23.7. The largest absolute Gasteiger partial charge is 0.478 e. The second-order valence-electron chi connectivity index (χ2n) is 4.23. The van der Waals surface area contributed by atoms with Crippen LogP contribution in [0.5, 0.6) is 0 Å². The Morgan fingerprint density at radius 2 is 1.52 bits per heavy atom. The van der Waals surface area contributed by atoms with Gasteiger partial charge in [0.25, 0.3) is 0 Å². The Kier molecular flexibility index (Phi) is 14.3. The van der Waals surface area contributed by atoms with Crippen molar-refractivity contribution in [1.29, 1.82) is 0 Å². The molecular formula is C14H20Cl2N2O5.